The molecule has 0 spiro atoms. The average molecular weight is 305 g/mol. The highest BCUT2D eigenvalue weighted by atomic mass is 16.2. The smallest absolute Gasteiger partial charge is 0.261 e. The Bertz CT molecular complexity index is 784. The van der Waals surface area contributed by atoms with Crippen molar-refractivity contribution in [1.29, 1.82) is 0 Å². The molecule has 116 valence electrons. The second kappa shape index (κ2) is 5.65. The quantitative estimate of drug-likeness (QED) is 0.625. The second-order valence-electron chi connectivity index (χ2n) is 6.33. The van der Waals surface area contributed by atoms with Crippen LogP contribution in [0.3, 0.4) is 0 Å². The zero-order chi connectivity index (χ0) is 15.8. The molecule has 23 heavy (non-hydrogen) atoms. The summed E-state index contributed by atoms with van der Waals surface area (Å²) in [6.07, 6.45) is 7.77. The minimum Gasteiger partial charge on any atom is -0.274 e. The normalized spacial score (nSPS) is 17.6. The summed E-state index contributed by atoms with van der Waals surface area (Å²) in [7, 11) is 0. The topological polar surface area (TPSA) is 37.4 Å². The van der Waals surface area contributed by atoms with Crippen LogP contribution in [0.2, 0.25) is 0 Å². The summed E-state index contributed by atoms with van der Waals surface area (Å²) >= 11 is 0. The first-order chi connectivity index (χ1) is 11.3. The van der Waals surface area contributed by atoms with Crippen LogP contribution in [0.15, 0.2) is 48.0 Å². The maximum Gasteiger partial charge on any atom is 0.261 e. The summed E-state index contributed by atoms with van der Waals surface area (Å²) in [5.74, 6) is -0.314. The van der Waals surface area contributed by atoms with Crippen LogP contribution in [0.1, 0.15) is 52.8 Å². The molecule has 1 aliphatic heterocycles. The van der Waals surface area contributed by atoms with Crippen molar-refractivity contribution in [2.24, 2.45) is 0 Å². The van der Waals surface area contributed by atoms with Crippen LogP contribution >= 0.6 is 0 Å². The van der Waals surface area contributed by atoms with Crippen LogP contribution in [-0.2, 0) is 0 Å². The Kier molecular flexibility index (Phi) is 3.49. The molecule has 0 aromatic heterocycles. The highest BCUT2D eigenvalue weighted by Gasteiger charge is 2.32. The third-order valence-corrected chi connectivity index (χ3v) is 4.90. The lowest BCUT2D eigenvalue weighted by Crippen LogP contribution is -2.41. The first-order valence-corrected chi connectivity index (χ1v) is 8.31. The Morgan fingerprint density at radius 1 is 0.913 bits per heavy atom. The minimum absolute atomic E-state index is 0.157. The van der Waals surface area contributed by atoms with E-state index in [1.165, 1.54) is 23.3 Å². The van der Waals surface area contributed by atoms with Gasteiger partial charge in [-0.2, -0.15) is 0 Å². The fourth-order valence-electron chi connectivity index (χ4n) is 3.67. The van der Waals surface area contributed by atoms with Gasteiger partial charge in [-0.1, -0.05) is 35.9 Å². The monoisotopic (exact) mass is 305 g/mol. The van der Waals surface area contributed by atoms with Crippen molar-refractivity contribution in [2.75, 3.05) is 6.54 Å². The van der Waals surface area contributed by atoms with Crippen LogP contribution in [0.5, 0.6) is 0 Å². The second-order valence-corrected chi connectivity index (χ2v) is 6.33. The van der Waals surface area contributed by atoms with Crippen LogP contribution in [0, 0.1) is 0 Å². The number of nitrogens with zero attached hydrogens (tertiary/aromatic N) is 1. The highest BCUT2D eigenvalue weighted by molar-refractivity contribution is 6.25. The molecule has 0 N–H and O–H groups in total. The van der Waals surface area contributed by atoms with Crippen molar-refractivity contribution in [3.05, 3.63) is 59.2 Å². The van der Waals surface area contributed by atoms with Gasteiger partial charge < -0.3 is 0 Å². The van der Waals surface area contributed by atoms with Crippen LogP contribution in [0.4, 0.5) is 0 Å². The number of allylic oxidation sites excluding steroid dienone is 1. The van der Waals surface area contributed by atoms with E-state index in [2.05, 4.69) is 6.08 Å². The van der Waals surface area contributed by atoms with Gasteiger partial charge in [0.1, 0.15) is 0 Å². The Morgan fingerprint density at radius 3 is 2.22 bits per heavy atom. The van der Waals surface area contributed by atoms with Gasteiger partial charge in [-0.05, 0) is 49.6 Å². The Labute approximate surface area is 135 Å². The molecule has 4 rings (SSSR count). The number of hydrogen-bond acceptors (Lipinski definition) is 2. The molecule has 2 aromatic rings. The summed E-state index contributed by atoms with van der Waals surface area (Å²) in [5.41, 5.74) is 2.68. The van der Waals surface area contributed by atoms with Crippen molar-refractivity contribution in [3.8, 4) is 0 Å². The number of carbonyl (C=O) groups excluding carboxylic acids is 2. The molecule has 0 bridgehead atoms. The van der Waals surface area contributed by atoms with E-state index in [9.17, 15) is 9.59 Å². The number of carbonyl (C=O) groups is 2. The molecule has 0 saturated carbocycles. The number of amides is 2. The molecular weight excluding hydrogens is 286 g/mol. The molecule has 0 unspecified atom stereocenters. The maximum atomic E-state index is 12.8. The lowest BCUT2D eigenvalue weighted by atomic mass is 9.93. The Hall–Kier alpha value is -2.42. The van der Waals surface area contributed by atoms with Crippen LogP contribution in [0.25, 0.3) is 10.8 Å². The summed E-state index contributed by atoms with van der Waals surface area (Å²) in [5, 5.41) is 1.76. The maximum absolute atomic E-state index is 12.8. The largest absolute Gasteiger partial charge is 0.274 e. The van der Waals surface area contributed by atoms with Gasteiger partial charge in [0.2, 0.25) is 0 Å². The molecule has 0 radical (unpaired) electrons. The van der Waals surface area contributed by atoms with Crippen molar-refractivity contribution >= 4 is 22.6 Å². The van der Waals surface area contributed by atoms with Crippen LogP contribution in [-0.4, -0.2) is 23.3 Å². The SMILES string of the molecule is O=C1c2cccc3cccc(c23)C(=O)N1CCC1=CCCCC1. The lowest BCUT2D eigenvalue weighted by molar-refractivity contribution is 0.0612. The van der Waals surface area contributed by atoms with Gasteiger partial charge in [-0.25, -0.2) is 0 Å². The fourth-order valence-corrected chi connectivity index (χ4v) is 3.67. The molecule has 0 fully saturated rings. The summed E-state index contributed by atoms with van der Waals surface area (Å²) < 4.78 is 0. The van der Waals surface area contributed by atoms with Gasteiger partial charge in [0.25, 0.3) is 11.8 Å². The van der Waals surface area contributed by atoms with E-state index >= 15 is 0 Å². The van der Waals surface area contributed by atoms with Crippen molar-refractivity contribution < 1.29 is 9.59 Å². The van der Waals surface area contributed by atoms with Gasteiger partial charge in [0, 0.05) is 23.1 Å². The van der Waals surface area contributed by atoms with Crippen molar-refractivity contribution in [2.45, 2.75) is 32.1 Å². The summed E-state index contributed by atoms with van der Waals surface area (Å²) in [6, 6.07) is 11.3. The first-order valence-electron chi connectivity index (χ1n) is 8.31. The molecule has 1 heterocycles. The molecule has 2 aliphatic rings. The first kappa shape index (κ1) is 14.2. The van der Waals surface area contributed by atoms with Crippen molar-refractivity contribution in [3.63, 3.8) is 0 Å². The van der Waals surface area contributed by atoms with Gasteiger partial charge in [-0.3, -0.25) is 14.5 Å². The Morgan fingerprint density at radius 2 is 1.61 bits per heavy atom. The van der Waals surface area contributed by atoms with Gasteiger partial charge in [0.15, 0.2) is 0 Å². The molecule has 1 aliphatic carbocycles. The third-order valence-electron chi connectivity index (χ3n) is 4.90. The summed E-state index contributed by atoms with van der Waals surface area (Å²) in [4.78, 5) is 27.0. The number of imide groups is 1. The van der Waals surface area contributed by atoms with E-state index in [4.69, 9.17) is 0 Å². The number of hydrogen-bond donors (Lipinski definition) is 0. The standard InChI is InChI=1S/C20H19NO2/c22-19-16-10-4-8-15-9-5-11-17(18(15)16)20(23)21(19)13-12-14-6-2-1-3-7-14/h4-6,8-11H,1-3,7,12-13H2. The number of benzene rings is 2. The van der Waals surface area contributed by atoms with Crippen molar-refractivity contribution in [1.82, 2.24) is 4.90 Å². The van der Waals surface area contributed by atoms with E-state index in [1.807, 2.05) is 36.4 Å². The molecule has 3 heteroatoms. The molecule has 3 nitrogen and oxygen atoms in total. The van der Waals surface area contributed by atoms with Gasteiger partial charge >= 0.3 is 0 Å². The predicted molar refractivity (Wildman–Crippen MR) is 90.5 cm³/mol. The lowest BCUT2D eigenvalue weighted by Gasteiger charge is -2.27. The molecular formula is C20H19NO2. The van der Waals surface area contributed by atoms with Gasteiger partial charge in [-0.15, -0.1) is 0 Å². The van der Waals surface area contributed by atoms with E-state index in [0.29, 0.717) is 17.7 Å². The highest BCUT2D eigenvalue weighted by Crippen LogP contribution is 2.30. The number of rotatable bonds is 3. The van der Waals surface area contributed by atoms with E-state index in [0.717, 1.165) is 30.0 Å². The predicted octanol–water partition coefficient (Wildman–Crippen LogP) is 4.33. The molecule has 0 atom stereocenters. The molecule has 2 amide bonds. The third kappa shape index (κ3) is 2.37. The Balaban J connectivity index is 1.67. The zero-order valence-corrected chi connectivity index (χ0v) is 13.0. The minimum atomic E-state index is -0.157. The fraction of sp³-hybridized carbons (Fsp3) is 0.300. The van der Waals surface area contributed by atoms with E-state index in [-0.39, 0.29) is 11.8 Å². The zero-order valence-electron chi connectivity index (χ0n) is 13.0. The van der Waals surface area contributed by atoms with Crippen LogP contribution < -0.4 is 0 Å². The average Bonchev–Trinajstić information content (AvgIpc) is 2.60. The molecule has 2 aromatic carbocycles. The van der Waals surface area contributed by atoms with Gasteiger partial charge in [0.05, 0.1) is 0 Å². The van der Waals surface area contributed by atoms with E-state index < -0.39 is 0 Å². The van der Waals surface area contributed by atoms with E-state index in [1.54, 1.807) is 0 Å². The summed E-state index contributed by atoms with van der Waals surface area (Å²) in [6.45, 7) is 0.480. The molecule has 0 saturated heterocycles.